The highest BCUT2D eigenvalue weighted by atomic mass is 79.9. The zero-order chi connectivity index (χ0) is 13.8. The van der Waals surface area contributed by atoms with Crippen LogP contribution in [0.4, 0.5) is 0 Å². The molecule has 1 N–H and O–H groups in total. The summed E-state index contributed by atoms with van der Waals surface area (Å²) < 4.78 is 1.25. The molecule has 0 aliphatic carbocycles. The minimum Gasteiger partial charge on any atom is -0.319 e. The van der Waals surface area contributed by atoms with Crippen molar-refractivity contribution in [2.75, 3.05) is 20.1 Å². The number of nitrogens with zero attached hydrogens (tertiary/aromatic N) is 1. The highest BCUT2D eigenvalue weighted by molar-refractivity contribution is 9.11. The summed E-state index contributed by atoms with van der Waals surface area (Å²) in [6.07, 6.45) is 4.03. The van der Waals surface area contributed by atoms with Crippen LogP contribution in [0.3, 0.4) is 0 Å². The van der Waals surface area contributed by atoms with Gasteiger partial charge in [-0.2, -0.15) is 0 Å². The molecule has 0 amide bonds. The first-order valence-electron chi connectivity index (χ1n) is 7.29. The lowest BCUT2D eigenvalue weighted by atomic mass is 9.92. The summed E-state index contributed by atoms with van der Waals surface area (Å²) in [5, 5.41) is 3.40. The smallest absolute Gasteiger partial charge is 0.0701 e. The first-order valence-corrected chi connectivity index (χ1v) is 8.90. The molecule has 2 atom stereocenters. The second kappa shape index (κ2) is 7.21. The molecule has 2 nitrogen and oxygen atoms in total. The molecule has 0 spiro atoms. The third-order valence-electron chi connectivity index (χ3n) is 4.06. The Morgan fingerprint density at radius 1 is 1.42 bits per heavy atom. The maximum Gasteiger partial charge on any atom is 0.0701 e. The Hall–Kier alpha value is 0.1000. The van der Waals surface area contributed by atoms with Crippen LogP contribution in [-0.4, -0.2) is 31.1 Å². The lowest BCUT2D eigenvalue weighted by Gasteiger charge is -2.37. The molecule has 19 heavy (non-hydrogen) atoms. The van der Waals surface area contributed by atoms with Gasteiger partial charge in [-0.15, -0.1) is 11.3 Å². The van der Waals surface area contributed by atoms with E-state index < -0.39 is 0 Å². The molecule has 108 valence electrons. The zero-order valence-corrected chi connectivity index (χ0v) is 14.6. The molecule has 2 unspecified atom stereocenters. The van der Waals surface area contributed by atoms with Gasteiger partial charge in [0.25, 0.3) is 0 Å². The van der Waals surface area contributed by atoms with Crippen molar-refractivity contribution in [1.29, 1.82) is 0 Å². The topological polar surface area (TPSA) is 15.3 Å². The molecule has 1 saturated heterocycles. The van der Waals surface area contributed by atoms with Crippen LogP contribution in [0.1, 0.15) is 44.0 Å². The average Bonchev–Trinajstić information content (AvgIpc) is 2.67. The van der Waals surface area contributed by atoms with Crippen molar-refractivity contribution in [3.63, 3.8) is 0 Å². The second-order valence-corrected chi connectivity index (χ2v) is 8.23. The van der Waals surface area contributed by atoms with Gasteiger partial charge in [0.2, 0.25) is 0 Å². The summed E-state index contributed by atoms with van der Waals surface area (Å²) in [6, 6.07) is 5.69. The van der Waals surface area contributed by atoms with Crippen LogP contribution in [0.25, 0.3) is 0 Å². The summed E-state index contributed by atoms with van der Waals surface area (Å²) in [5.74, 6) is 0.723. The van der Waals surface area contributed by atoms with Crippen LogP contribution in [0.15, 0.2) is 15.9 Å². The van der Waals surface area contributed by atoms with Gasteiger partial charge >= 0.3 is 0 Å². The molecule has 2 heterocycles. The van der Waals surface area contributed by atoms with Crippen LogP contribution in [0, 0.1) is 5.92 Å². The first-order chi connectivity index (χ1) is 9.13. The van der Waals surface area contributed by atoms with Gasteiger partial charge in [-0.05, 0) is 80.8 Å². The molecule has 1 fully saturated rings. The molecule has 0 aromatic carbocycles. The Labute approximate surface area is 129 Å². The number of halogens is 1. The van der Waals surface area contributed by atoms with Gasteiger partial charge in [0.15, 0.2) is 0 Å². The van der Waals surface area contributed by atoms with E-state index in [-0.39, 0.29) is 0 Å². The number of likely N-dealkylation sites (tertiary alicyclic amines) is 1. The molecule has 2 rings (SSSR count). The van der Waals surface area contributed by atoms with Gasteiger partial charge in [-0.1, -0.05) is 6.42 Å². The van der Waals surface area contributed by atoms with Crippen molar-refractivity contribution >= 4 is 27.3 Å². The van der Waals surface area contributed by atoms with Crippen molar-refractivity contribution < 1.29 is 0 Å². The van der Waals surface area contributed by atoms with E-state index in [1.165, 1.54) is 34.5 Å². The van der Waals surface area contributed by atoms with Crippen LogP contribution < -0.4 is 5.32 Å². The Kier molecular flexibility index (Phi) is 5.87. The molecule has 1 aliphatic rings. The lowest BCUT2D eigenvalue weighted by Crippen LogP contribution is -2.40. The first kappa shape index (κ1) is 15.5. The number of rotatable bonds is 4. The number of hydrogen-bond donors (Lipinski definition) is 1. The van der Waals surface area contributed by atoms with Crippen molar-refractivity contribution in [2.45, 2.75) is 45.2 Å². The zero-order valence-electron chi connectivity index (χ0n) is 12.2. The van der Waals surface area contributed by atoms with Gasteiger partial charge in [0, 0.05) is 17.0 Å². The Bertz CT molecular complexity index is 391. The van der Waals surface area contributed by atoms with Gasteiger partial charge < -0.3 is 5.32 Å². The molecule has 0 bridgehead atoms. The van der Waals surface area contributed by atoms with E-state index in [4.69, 9.17) is 0 Å². The van der Waals surface area contributed by atoms with Crippen LogP contribution in [-0.2, 0) is 0 Å². The standard InChI is InChI=1S/C15H25BrN2S/c1-11(2)18-9-5-4-6-12(10-17-3)15(18)13-7-8-14(16)19-13/h7-8,11-12,15,17H,4-6,9-10H2,1-3H3. The van der Waals surface area contributed by atoms with Crippen molar-refractivity contribution in [2.24, 2.45) is 5.92 Å². The lowest BCUT2D eigenvalue weighted by molar-refractivity contribution is 0.121. The van der Waals surface area contributed by atoms with Crippen molar-refractivity contribution in [3.05, 3.63) is 20.8 Å². The van der Waals surface area contributed by atoms with Gasteiger partial charge in [0.1, 0.15) is 0 Å². The monoisotopic (exact) mass is 344 g/mol. The Morgan fingerprint density at radius 2 is 2.21 bits per heavy atom. The predicted octanol–water partition coefficient (Wildman–Crippen LogP) is 4.28. The van der Waals surface area contributed by atoms with E-state index in [0.717, 1.165) is 12.5 Å². The largest absolute Gasteiger partial charge is 0.319 e. The maximum atomic E-state index is 3.62. The fraction of sp³-hybridized carbons (Fsp3) is 0.733. The Balaban J connectivity index is 2.30. The maximum absolute atomic E-state index is 3.62. The third-order valence-corrected chi connectivity index (χ3v) is 5.75. The fourth-order valence-corrected chi connectivity index (χ4v) is 4.85. The van der Waals surface area contributed by atoms with E-state index in [2.05, 4.69) is 59.2 Å². The molecule has 4 heteroatoms. The molecule has 1 aromatic heterocycles. The highest BCUT2D eigenvalue weighted by Crippen LogP contribution is 2.40. The summed E-state index contributed by atoms with van der Waals surface area (Å²) in [7, 11) is 2.08. The summed E-state index contributed by atoms with van der Waals surface area (Å²) in [5.41, 5.74) is 0. The Morgan fingerprint density at radius 3 is 2.79 bits per heavy atom. The van der Waals surface area contributed by atoms with Gasteiger partial charge in [0.05, 0.1) is 3.79 Å². The molecular formula is C15H25BrN2S. The van der Waals surface area contributed by atoms with Crippen molar-refractivity contribution in [3.8, 4) is 0 Å². The minimum absolute atomic E-state index is 0.575. The molecule has 0 radical (unpaired) electrons. The molecule has 0 saturated carbocycles. The van der Waals surface area contributed by atoms with Gasteiger partial charge in [-0.25, -0.2) is 0 Å². The van der Waals surface area contributed by atoms with Crippen LogP contribution in [0.2, 0.25) is 0 Å². The predicted molar refractivity (Wildman–Crippen MR) is 87.9 cm³/mol. The summed E-state index contributed by atoms with van der Waals surface area (Å²) in [6.45, 7) is 7.01. The SMILES string of the molecule is CNCC1CCCCN(C(C)C)C1c1ccc(Br)s1. The van der Waals surface area contributed by atoms with E-state index in [1.54, 1.807) is 0 Å². The molecule has 1 aromatic rings. The van der Waals surface area contributed by atoms with Gasteiger partial charge in [-0.3, -0.25) is 4.90 Å². The normalized spacial score (nSPS) is 25.7. The summed E-state index contributed by atoms with van der Waals surface area (Å²) in [4.78, 5) is 4.22. The van der Waals surface area contributed by atoms with E-state index >= 15 is 0 Å². The second-order valence-electron chi connectivity index (χ2n) is 5.73. The number of nitrogens with one attached hydrogen (secondary N) is 1. The van der Waals surface area contributed by atoms with Crippen LogP contribution in [0.5, 0.6) is 0 Å². The van der Waals surface area contributed by atoms with Crippen molar-refractivity contribution in [1.82, 2.24) is 10.2 Å². The molecule has 1 aliphatic heterocycles. The molecular weight excluding hydrogens is 320 g/mol. The quantitative estimate of drug-likeness (QED) is 0.876. The fourth-order valence-electron chi connectivity index (χ4n) is 3.21. The van der Waals surface area contributed by atoms with E-state index in [9.17, 15) is 0 Å². The minimum atomic E-state index is 0.575. The number of thiophene rings is 1. The van der Waals surface area contributed by atoms with E-state index in [1.807, 2.05) is 11.3 Å². The highest BCUT2D eigenvalue weighted by Gasteiger charge is 2.32. The van der Waals surface area contributed by atoms with Crippen LogP contribution >= 0.6 is 27.3 Å². The summed E-state index contributed by atoms with van der Waals surface area (Å²) >= 11 is 5.52. The average molecular weight is 345 g/mol. The third kappa shape index (κ3) is 3.81. The number of hydrogen-bond acceptors (Lipinski definition) is 3. The van der Waals surface area contributed by atoms with E-state index in [0.29, 0.717) is 12.1 Å².